The van der Waals surface area contributed by atoms with Crippen molar-refractivity contribution >= 4 is 5.91 Å². The molecule has 3 aromatic rings. The summed E-state index contributed by atoms with van der Waals surface area (Å²) in [4.78, 5) is 21.9. The summed E-state index contributed by atoms with van der Waals surface area (Å²) in [5, 5.41) is 3.24. The first-order valence-corrected chi connectivity index (χ1v) is 10.9. The first-order chi connectivity index (χ1) is 15.2. The SMILES string of the molecule is CN1CCN(CC(NC(=O)CCc2ncc(-c3ccccc3)o2)c2ccccc2)CC1. The van der Waals surface area contributed by atoms with Crippen LogP contribution in [0.3, 0.4) is 0 Å². The van der Waals surface area contributed by atoms with Crippen molar-refractivity contribution in [3.63, 3.8) is 0 Å². The van der Waals surface area contributed by atoms with E-state index in [2.05, 4.69) is 39.3 Å². The number of oxazole rings is 1. The molecule has 6 nitrogen and oxygen atoms in total. The lowest BCUT2D eigenvalue weighted by molar-refractivity contribution is -0.122. The van der Waals surface area contributed by atoms with E-state index >= 15 is 0 Å². The lowest BCUT2D eigenvalue weighted by Gasteiger charge is -2.35. The van der Waals surface area contributed by atoms with Gasteiger partial charge in [-0.2, -0.15) is 0 Å². The molecule has 2 aromatic carbocycles. The minimum Gasteiger partial charge on any atom is -0.441 e. The number of hydrogen-bond donors (Lipinski definition) is 1. The number of amides is 1. The molecule has 4 rings (SSSR count). The van der Waals surface area contributed by atoms with Crippen molar-refractivity contribution in [1.82, 2.24) is 20.1 Å². The van der Waals surface area contributed by atoms with Gasteiger partial charge in [-0.25, -0.2) is 4.98 Å². The molecule has 0 aliphatic carbocycles. The first kappa shape index (κ1) is 21.3. The van der Waals surface area contributed by atoms with Crippen molar-refractivity contribution in [2.45, 2.75) is 18.9 Å². The predicted octanol–water partition coefficient (Wildman–Crippen LogP) is 3.38. The molecule has 31 heavy (non-hydrogen) atoms. The number of nitrogens with zero attached hydrogens (tertiary/aromatic N) is 3. The summed E-state index contributed by atoms with van der Waals surface area (Å²) >= 11 is 0. The highest BCUT2D eigenvalue weighted by molar-refractivity contribution is 5.76. The molecule has 0 bridgehead atoms. The van der Waals surface area contributed by atoms with Crippen molar-refractivity contribution in [1.29, 1.82) is 0 Å². The monoisotopic (exact) mass is 418 g/mol. The summed E-state index contributed by atoms with van der Waals surface area (Å²) in [7, 11) is 2.15. The zero-order chi connectivity index (χ0) is 21.5. The zero-order valence-corrected chi connectivity index (χ0v) is 18.0. The maximum atomic E-state index is 12.8. The second kappa shape index (κ2) is 10.4. The van der Waals surface area contributed by atoms with Crippen LogP contribution in [0.4, 0.5) is 0 Å². The number of hydrogen-bond acceptors (Lipinski definition) is 5. The molecule has 0 saturated carbocycles. The molecule has 1 unspecified atom stereocenters. The Labute approximate surface area is 183 Å². The summed E-state index contributed by atoms with van der Waals surface area (Å²) in [6.45, 7) is 4.98. The zero-order valence-electron chi connectivity index (χ0n) is 18.0. The minimum atomic E-state index is -0.0263. The molecular weight excluding hydrogens is 388 g/mol. The number of likely N-dealkylation sites (N-methyl/N-ethyl adjacent to an activating group) is 1. The van der Waals surface area contributed by atoms with Crippen LogP contribution in [-0.4, -0.2) is 60.5 Å². The van der Waals surface area contributed by atoms with Gasteiger partial charge in [0.1, 0.15) is 0 Å². The van der Waals surface area contributed by atoms with E-state index in [1.165, 1.54) is 0 Å². The highest BCUT2D eigenvalue weighted by atomic mass is 16.4. The summed E-state index contributed by atoms with van der Waals surface area (Å²) in [5.41, 5.74) is 2.12. The molecule has 1 amide bonds. The third-order valence-corrected chi connectivity index (χ3v) is 5.75. The van der Waals surface area contributed by atoms with Crippen LogP contribution in [0.5, 0.6) is 0 Å². The van der Waals surface area contributed by atoms with Gasteiger partial charge in [-0.15, -0.1) is 0 Å². The number of benzene rings is 2. The lowest BCUT2D eigenvalue weighted by Crippen LogP contribution is -2.47. The van der Waals surface area contributed by atoms with Crippen molar-refractivity contribution < 1.29 is 9.21 Å². The van der Waals surface area contributed by atoms with Crippen LogP contribution in [0.2, 0.25) is 0 Å². The molecule has 6 heteroatoms. The van der Waals surface area contributed by atoms with Gasteiger partial charge in [-0.3, -0.25) is 9.69 Å². The fourth-order valence-corrected chi connectivity index (χ4v) is 3.86. The molecule has 1 N–H and O–H groups in total. The highest BCUT2D eigenvalue weighted by Gasteiger charge is 2.21. The average Bonchev–Trinajstić information content (AvgIpc) is 3.29. The Kier molecular flexibility index (Phi) is 7.12. The fourth-order valence-electron chi connectivity index (χ4n) is 3.86. The van der Waals surface area contributed by atoms with Crippen LogP contribution in [-0.2, 0) is 11.2 Å². The molecule has 1 aliphatic heterocycles. The number of carbonyl (C=O) groups excluding carboxylic acids is 1. The van der Waals surface area contributed by atoms with Crippen molar-refractivity contribution in [2.24, 2.45) is 0 Å². The number of rotatable bonds is 8. The third-order valence-electron chi connectivity index (χ3n) is 5.75. The normalized spacial score (nSPS) is 16.2. The number of aryl methyl sites for hydroxylation is 1. The summed E-state index contributed by atoms with van der Waals surface area (Å²) in [6.07, 6.45) is 2.55. The molecule has 1 saturated heterocycles. The van der Waals surface area contributed by atoms with Gasteiger partial charge in [0.2, 0.25) is 5.91 Å². The number of carbonyl (C=O) groups is 1. The van der Waals surface area contributed by atoms with Crippen LogP contribution in [0.15, 0.2) is 71.3 Å². The summed E-state index contributed by atoms with van der Waals surface area (Å²) in [5.74, 6) is 1.33. The molecule has 1 aromatic heterocycles. The Morgan fingerprint density at radius 1 is 1.03 bits per heavy atom. The highest BCUT2D eigenvalue weighted by Crippen LogP contribution is 2.21. The molecule has 0 radical (unpaired) electrons. The predicted molar refractivity (Wildman–Crippen MR) is 122 cm³/mol. The van der Waals surface area contributed by atoms with E-state index in [1.54, 1.807) is 6.20 Å². The minimum absolute atomic E-state index is 0.0161. The van der Waals surface area contributed by atoms with Gasteiger partial charge in [0.15, 0.2) is 11.7 Å². The van der Waals surface area contributed by atoms with Gasteiger partial charge in [0.05, 0.1) is 12.2 Å². The van der Waals surface area contributed by atoms with Gasteiger partial charge in [0.25, 0.3) is 0 Å². The topological polar surface area (TPSA) is 61.6 Å². The number of piperazine rings is 1. The van der Waals surface area contributed by atoms with Gasteiger partial charge in [-0.1, -0.05) is 60.7 Å². The smallest absolute Gasteiger partial charge is 0.221 e. The van der Waals surface area contributed by atoms with Crippen LogP contribution in [0.1, 0.15) is 23.9 Å². The lowest BCUT2D eigenvalue weighted by atomic mass is 10.1. The molecule has 1 fully saturated rings. The summed E-state index contributed by atoms with van der Waals surface area (Å²) in [6, 6.07) is 20.1. The first-order valence-electron chi connectivity index (χ1n) is 10.9. The van der Waals surface area contributed by atoms with Crippen LogP contribution in [0.25, 0.3) is 11.3 Å². The second-order valence-corrected chi connectivity index (χ2v) is 8.12. The van der Waals surface area contributed by atoms with Crippen molar-refractivity contribution in [2.75, 3.05) is 39.8 Å². The van der Waals surface area contributed by atoms with E-state index in [4.69, 9.17) is 4.42 Å². The van der Waals surface area contributed by atoms with Crippen LogP contribution in [0, 0.1) is 0 Å². The van der Waals surface area contributed by atoms with Crippen LogP contribution < -0.4 is 5.32 Å². The van der Waals surface area contributed by atoms with Crippen molar-refractivity contribution in [3.8, 4) is 11.3 Å². The molecule has 162 valence electrons. The van der Waals surface area contributed by atoms with E-state index in [0.717, 1.165) is 49.6 Å². The maximum absolute atomic E-state index is 12.8. The largest absolute Gasteiger partial charge is 0.441 e. The van der Waals surface area contributed by atoms with Crippen LogP contribution >= 0.6 is 0 Å². The third kappa shape index (κ3) is 6.03. The van der Waals surface area contributed by atoms with E-state index in [9.17, 15) is 4.79 Å². The Balaban J connectivity index is 1.34. The molecule has 0 spiro atoms. The van der Waals surface area contributed by atoms with E-state index in [-0.39, 0.29) is 11.9 Å². The van der Waals surface area contributed by atoms with E-state index in [0.29, 0.717) is 18.7 Å². The van der Waals surface area contributed by atoms with Gasteiger partial charge in [-0.05, 0) is 12.6 Å². The van der Waals surface area contributed by atoms with E-state index in [1.807, 2.05) is 48.5 Å². The molecule has 1 aliphatic rings. The van der Waals surface area contributed by atoms with Gasteiger partial charge in [0, 0.05) is 51.1 Å². The Bertz CT molecular complexity index is 950. The Morgan fingerprint density at radius 2 is 1.71 bits per heavy atom. The molecular formula is C25H30N4O2. The second-order valence-electron chi connectivity index (χ2n) is 8.12. The average molecular weight is 419 g/mol. The summed E-state index contributed by atoms with van der Waals surface area (Å²) < 4.78 is 5.84. The van der Waals surface area contributed by atoms with Gasteiger partial charge >= 0.3 is 0 Å². The quantitative estimate of drug-likeness (QED) is 0.608. The number of nitrogens with one attached hydrogen (secondary N) is 1. The standard InChI is InChI=1S/C25H30N4O2/c1-28-14-16-29(17-15-28)19-22(20-8-4-2-5-9-20)27-24(30)12-13-25-26-18-23(31-25)21-10-6-3-7-11-21/h2-11,18,22H,12-17,19H2,1H3,(H,27,30). The van der Waals surface area contributed by atoms with E-state index < -0.39 is 0 Å². The molecule has 2 heterocycles. The maximum Gasteiger partial charge on any atom is 0.221 e. The van der Waals surface area contributed by atoms with Gasteiger partial charge < -0.3 is 14.6 Å². The fraction of sp³-hybridized carbons (Fsp3) is 0.360. The Morgan fingerprint density at radius 3 is 2.42 bits per heavy atom. The van der Waals surface area contributed by atoms with Crippen molar-refractivity contribution in [3.05, 3.63) is 78.3 Å². The Hall–Kier alpha value is -2.96. The number of aromatic nitrogens is 1. The molecule has 1 atom stereocenters.